The summed E-state index contributed by atoms with van der Waals surface area (Å²) >= 11 is 0. The minimum atomic E-state index is 0.381. The first-order valence-electron chi connectivity index (χ1n) is 7.65. The zero-order valence-corrected chi connectivity index (χ0v) is 12.4. The maximum Gasteiger partial charge on any atom is 0.0826 e. The van der Waals surface area contributed by atoms with E-state index in [1.165, 1.54) is 25.7 Å². The topological polar surface area (TPSA) is 24.5 Å². The summed E-state index contributed by atoms with van der Waals surface area (Å²) in [5, 5.41) is 3.65. The largest absolute Gasteiger partial charge is 0.374 e. The van der Waals surface area contributed by atoms with E-state index in [0.29, 0.717) is 17.6 Å². The van der Waals surface area contributed by atoms with Gasteiger partial charge < -0.3 is 10.1 Å². The van der Waals surface area contributed by atoms with E-state index in [0.717, 1.165) is 32.8 Å². The van der Waals surface area contributed by atoms with Crippen molar-refractivity contribution in [2.24, 2.45) is 5.41 Å². The van der Waals surface area contributed by atoms with Crippen molar-refractivity contribution in [1.82, 2.24) is 10.2 Å². The van der Waals surface area contributed by atoms with E-state index in [9.17, 15) is 0 Å². The molecule has 0 aromatic rings. The highest BCUT2D eigenvalue weighted by Crippen LogP contribution is 2.36. The molecule has 0 radical (unpaired) electrons. The van der Waals surface area contributed by atoms with E-state index >= 15 is 0 Å². The molecule has 1 aliphatic carbocycles. The molecule has 1 saturated heterocycles. The van der Waals surface area contributed by atoms with Gasteiger partial charge in [0.25, 0.3) is 0 Å². The zero-order valence-electron chi connectivity index (χ0n) is 12.4. The molecule has 3 nitrogen and oxygen atoms in total. The Morgan fingerprint density at radius 3 is 2.72 bits per heavy atom. The second kappa shape index (κ2) is 6.36. The van der Waals surface area contributed by atoms with Gasteiger partial charge >= 0.3 is 0 Å². The number of rotatable bonds is 5. The Labute approximate surface area is 112 Å². The Morgan fingerprint density at radius 2 is 2.06 bits per heavy atom. The van der Waals surface area contributed by atoms with E-state index < -0.39 is 0 Å². The normalized spacial score (nSPS) is 29.0. The fraction of sp³-hybridized carbons (Fsp3) is 1.00. The average Bonchev–Trinajstić information content (AvgIpc) is 2.77. The van der Waals surface area contributed by atoms with Crippen LogP contribution in [0, 0.1) is 5.41 Å². The van der Waals surface area contributed by atoms with Gasteiger partial charge in [-0.1, -0.05) is 19.8 Å². The van der Waals surface area contributed by atoms with Crippen molar-refractivity contribution in [2.75, 3.05) is 32.8 Å². The quantitative estimate of drug-likeness (QED) is 0.814. The number of morpholine rings is 1. The predicted octanol–water partition coefficient (Wildman–Crippen LogP) is 2.27. The Bertz CT molecular complexity index is 249. The van der Waals surface area contributed by atoms with Crippen LogP contribution in [0.3, 0.4) is 0 Å². The van der Waals surface area contributed by atoms with Gasteiger partial charge in [0.05, 0.1) is 12.7 Å². The molecule has 1 atom stereocenters. The van der Waals surface area contributed by atoms with Crippen LogP contribution >= 0.6 is 0 Å². The molecule has 0 bridgehead atoms. The Hall–Kier alpha value is -0.120. The number of nitrogens with one attached hydrogen (secondary N) is 1. The molecule has 1 aliphatic heterocycles. The third-order valence-corrected chi connectivity index (χ3v) is 4.63. The predicted molar refractivity (Wildman–Crippen MR) is 75.9 cm³/mol. The third-order valence-electron chi connectivity index (χ3n) is 4.63. The number of hydrogen-bond donors (Lipinski definition) is 1. The molecule has 2 fully saturated rings. The molecule has 1 N–H and O–H groups in total. The van der Waals surface area contributed by atoms with Crippen LogP contribution in [0.15, 0.2) is 0 Å². The van der Waals surface area contributed by atoms with Crippen LogP contribution in [-0.2, 0) is 4.74 Å². The fourth-order valence-corrected chi connectivity index (χ4v) is 3.27. The molecule has 0 amide bonds. The first-order chi connectivity index (χ1) is 8.59. The monoisotopic (exact) mass is 254 g/mol. The summed E-state index contributed by atoms with van der Waals surface area (Å²) in [6, 6.07) is 0.642. The lowest BCUT2D eigenvalue weighted by Crippen LogP contribution is -2.49. The summed E-state index contributed by atoms with van der Waals surface area (Å²) in [6.07, 6.45) is 6.00. The third kappa shape index (κ3) is 3.94. The van der Waals surface area contributed by atoms with E-state index in [4.69, 9.17) is 4.74 Å². The summed E-state index contributed by atoms with van der Waals surface area (Å²) in [5.41, 5.74) is 0.548. The second-order valence-electron chi connectivity index (χ2n) is 6.73. The lowest BCUT2D eigenvalue weighted by atomic mass is 9.89. The standard InChI is InChI=1S/C15H30N2O/c1-13(2)17-8-9-18-14(11-17)10-16-12-15(3)6-4-5-7-15/h13-14,16H,4-12H2,1-3H3. The van der Waals surface area contributed by atoms with Crippen molar-refractivity contribution in [3.8, 4) is 0 Å². The van der Waals surface area contributed by atoms with Crippen LogP contribution < -0.4 is 5.32 Å². The molecule has 3 heteroatoms. The smallest absolute Gasteiger partial charge is 0.0826 e. The summed E-state index contributed by atoms with van der Waals surface area (Å²) < 4.78 is 5.85. The summed E-state index contributed by atoms with van der Waals surface area (Å²) in [7, 11) is 0. The van der Waals surface area contributed by atoms with Gasteiger partial charge in [-0.15, -0.1) is 0 Å². The first-order valence-corrected chi connectivity index (χ1v) is 7.65. The first kappa shape index (κ1) is 14.3. The van der Waals surface area contributed by atoms with Crippen LogP contribution in [0.2, 0.25) is 0 Å². The van der Waals surface area contributed by atoms with E-state index in [-0.39, 0.29) is 0 Å². The summed E-state index contributed by atoms with van der Waals surface area (Å²) in [6.45, 7) is 12.2. The molecule has 0 aromatic carbocycles. The van der Waals surface area contributed by atoms with Crippen molar-refractivity contribution in [2.45, 2.75) is 58.6 Å². The van der Waals surface area contributed by atoms with Crippen molar-refractivity contribution >= 4 is 0 Å². The maximum absolute atomic E-state index is 5.85. The molecule has 1 unspecified atom stereocenters. The Morgan fingerprint density at radius 1 is 1.33 bits per heavy atom. The molecule has 2 aliphatic rings. The highest BCUT2D eigenvalue weighted by Gasteiger charge is 2.29. The average molecular weight is 254 g/mol. The molecular formula is C15H30N2O. The summed E-state index contributed by atoms with van der Waals surface area (Å²) in [5.74, 6) is 0. The Balaban J connectivity index is 1.67. The van der Waals surface area contributed by atoms with Crippen LogP contribution in [0.4, 0.5) is 0 Å². The zero-order chi connectivity index (χ0) is 13.0. The van der Waals surface area contributed by atoms with Crippen LogP contribution in [-0.4, -0.2) is 49.8 Å². The van der Waals surface area contributed by atoms with Gasteiger partial charge in [0.1, 0.15) is 0 Å². The minimum absolute atomic E-state index is 0.381. The van der Waals surface area contributed by atoms with Gasteiger partial charge in [0, 0.05) is 32.2 Å². The van der Waals surface area contributed by atoms with Crippen LogP contribution in [0.25, 0.3) is 0 Å². The molecule has 2 rings (SSSR count). The van der Waals surface area contributed by atoms with Crippen molar-refractivity contribution in [1.29, 1.82) is 0 Å². The van der Waals surface area contributed by atoms with Gasteiger partial charge in [0.15, 0.2) is 0 Å². The SMILES string of the molecule is CC(C)N1CCOC(CNCC2(C)CCCC2)C1. The molecule has 0 aromatic heterocycles. The number of hydrogen-bond acceptors (Lipinski definition) is 3. The number of nitrogens with zero attached hydrogens (tertiary/aromatic N) is 1. The maximum atomic E-state index is 5.85. The van der Waals surface area contributed by atoms with Gasteiger partial charge in [-0.05, 0) is 32.1 Å². The molecule has 106 valence electrons. The Kier molecular flexibility index (Phi) is 5.05. The number of ether oxygens (including phenoxy) is 1. The molecule has 0 spiro atoms. The van der Waals surface area contributed by atoms with Gasteiger partial charge in [-0.2, -0.15) is 0 Å². The van der Waals surface area contributed by atoms with Crippen LogP contribution in [0.1, 0.15) is 46.5 Å². The van der Waals surface area contributed by atoms with Gasteiger partial charge in [-0.3, -0.25) is 4.90 Å². The molecule has 1 heterocycles. The molecular weight excluding hydrogens is 224 g/mol. The van der Waals surface area contributed by atoms with Gasteiger partial charge in [-0.25, -0.2) is 0 Å². The lowest BCUT2D eigenvalue weighted by molar-refractivity contribution is -0.0378. The molecule has 18 heavy (non-hydrogen) atoms. The van der Waals surface area contributed by atoms with Crippen LogP contribution in [0.5, 0.6) is 0 Å². The highest BCUT2D eigenvalue weighted by molar-refractivity contribution is 4.83. The summed E-state index contributed by atoms with van der Waals surface area (Å²) in [4.78, 5) is 2.52. The van der Waals surface area contributed by atoms with Crippen molar-refractivity contribution in [3.63, 3.8) is 0 Å². The highest BCUT2D eigenvalue weighted by atomic mass is 16.5. The van der Waals surface area contributed by atoms with E-state index in [1.807, 2.05) is 0 Å². The van der Waals surface area contributed by atoms with E-state index in [2.05, 4.69) is 31.0 Å². The second-order valence-corrected chi connectivity index (χ2v) is 6.73. The lowest BCUT2D eigenvalue weighted by Gasteiger charge is -2.36. The molecule has 1 saturated carbocycles. The van der Waals surface area contributed by atoms with E-state index in [1.54, 1.807) is 0 Å². The fourth-order valence-electron chi connectivity index (χ4n) is 3.27. The van der Waals surface area contributed by atoms with Crippen molar-refractivity contribution < 1.29 is 4.74 Å². The minimum Gasteiger partial charge on any atom is -0.374 e. The van der Waals surface area contributed by atoms with Crippen molar-refractivity contribution in [3.05, 3.63) is 0 Å². The van der Waals surface area contributed by atoms with Gasteiger partial charge in [0.2, 0.25) is 0 Å².